The van der Waals surface area contributed by atoms with Gasteiger partial charge in [-0.1, -0.05) is 20.3 Å². The second-order valence-corrected chi connectivity index (χ2v) is 4.08. The van der Waals surface area contributed by atoms with E-state index in [4.69, 9.17) is 4.42 Å². The van der Waals surface area contributed by atoms with Gasteiger partial charge in [-0.3, -0.25) is 0 Å². The molecular weight excluding hydrogens is 174 g/mol. The molecule has 0 saturated carbocycles. The SMILES string of the molecule is CCCC(C)CNC(C)c1ccoc1. The summed E-state index contributed by atoms with van der Waals surface area (Å²) in [7, 11) is 0. The number of hydrogen-bond donors (Lipinski definition) is 1. The summed E-state index contributed by atoms with van der Waals surface area (Å²) >= 11 is 0. The highest BCUT2D eigenvalue weighted by atomic mass is 16.3. The zero-order valence-electron chi connectivity index (χ0n) is 9.42. The average Bonchev–Trinajstić information content (AvgIpc) is 2.67. The zero-order chi connectivity index (χ0) is 10.4. The molecule has 0 spiro atoms. The van der Waals surface area contributed by atoms with Crippen molar-refractivity contribution in [2.75, 3.05) is 6.54 Å². The van der Waals surface area contributed by atoms with E-state index < -0.39 is 0 Å². The van der Waals surface area contributed by atoms with Gasteiger partial charge in [-0.2, -0.15) is 0 Å². The van der Waals surface area contributed by atoms with Crippen LogP contribution >= 0.6 is 0 Å². The van der Waals surface area contributed by atoms with Gasteiger partial charge in [-0.15, -0.1) is 0 Å². The molecule has 0 saturated heterocycles. The molecular formula is C12H21NO. The summed E-state index contributed by atoms with van der Waals surface area (Å²) in [6.45, 7) is 7.78. The van der Waals surface area contributed by atoms with Gasteiger partial charge in [0.25, 0.3) is 0 Å². The van der Waals surface area contributed by atoms with Crippen molar-refractivity contribution < 1.29 is 4.42 Å². The molecule has 0 aliphatic rings. The number of hydrogen-bond acceptors (Lipinski definition) is 2. The highest BCUT2D eigenvalue weighted by molar-refractivity contribution is 5.10. The van der Waals surface area contributed by atoms with Gasteiger partial charge in [0.2, 0.25) is 0 Å². The lowest BCUT2D eigenvalue weighted by atomic mass is 10.1. The summed E-state index contributed by atoms with van der Waals surface area (Å²) < 4.78 is 5.05. The van der Waals surface area contributed by atoms with Gasteiger partial charge < -0.3 is 9.73 Å². The summed E-state index contributed by atoms with van der Waals surface area (Å²) in [6.07, 6.45) is 6.10. The predicted molar refractivity (Wildman–Crippen MR) is 59.2 cm³/mol. The number of nitrogens with one attached hydrogen (secondary N) is 1. The lowest BCUT2D eigenvalue weighted by Crippen LogP contribution is -2.24. The number of furan rings is 1. The number of rotatable bonds is 6. The van der Waals surface area contributed by atoms with Gasteiger partial charge in [-0.25, -0.2) is 0 Å². The molecule has 0 radical (unpaired) electrons. The van der Waals surface area contributed by atoms with Crippen molar-refractivity contribution in [3.8, 4) is 0 Å². The molecule has 80 valence electrons. The van der Waals surface area contributed by atoms with Crippen molar-refractivity contribution in [1.82, 2.24) is 5.32 Å². The Kier molecular flexibility index (Phi) is 4.74. The maximum atomic E-state index is 5.05. The molecule has 1 aromatic rings. The fraction of sp³-hybridized carbons (Fsp3) is 0.667. The minimum Gasteiger partial charge on any atom is -0.472 e. The molecule has 2 atom stereocenters. The van der Waals surface area contributed by atoms with Crippen LogP contribution in [-0.4, -0.2) is 6.54 Å². The van der Waals surface area contributed by atoms with Crippen LogP contribution in [0.3, 0.4) is 0 Å². The molecule has 2 unspecified atom stereocenters. The molecule has 0 aromatic carbocycles. The fourth-order valence-electron chi connectivity index (χ4n) is 1.61. The van der Waals surface area contributed by atoms with Crippen LogP contribution in [0.4, 0.5) is 0 Å². The van der Waals surface area contributed by atoms with Crippen LogP contribution in [-0.2, 0) is 0 Å². The molecule has 14 heavy (non-hydrogen) atoms. The first-order valence-electron chi connectivity index (χ1n) is 5.49. The Morgan fingerprint density at radius 3 is 2.79 bits per heavy atom. The van der Waals surface area contributed by atoms with Crippen LogP contribution in [0, 0.1) is 5.92 Å². The summed E-state index contributed by atoms with van der Waals surface area (Å²) in [5.41, 5.74) is 1.23. The van der Waals surface area contributed by atoms with E-state index >= 15 is 0 Å². The molecule has 0 amide bonds. The molecule has 1 N–H and O–H groups in total. The summed E-state index contributed by atoms with van der Waals surface area (Å²) in [4.78, 5) is 0. The Labute approximate surface area is 86.7 Å². The highest BCUT2D eigenvalue weighted by Gasteiger charge is 2.07. The second-order valence-electron chi connectivity index (χ2n) is 4.08. The largest absolute Gasteiger partial charge is 0.472 e. The third kappa shape index (κ3) is 3.54. The van der Waals surface area contributed by atoms with Crippen LogP contribution < -0.4 is 5.32 Å². The topological polar surface area (TPSA) is 25.2 Å². The Hall–Kier alpha value is -0.760. The van der Waals surface area contributed by atoms with Crippen molar-refractivity contribution in [2.45, 2.75) is 39.7 Å². The fourth-order valence-corrected chi connectivity index (χ4v) is 1.61. The molecule has 1 aromatic heterocycles. The first-order chi connectivity index (χ1) is 6.74. The van der Waals surface area contributed by atoms with Crippen molar-refractivity contribution in [3.63, 3.8) is 0 Å². The Balaban J connectivity index is 2.24. The van der Waals surface area contributed by atoms with E-state index in [1.54, 1.807) is 6.26 Å². The molecule has 1 heterocycles. The lowest BCUT2D eigenvalue weighted by Gasteiger charge is -2.16. The van der Waals surface area contributed by atoms with Crippen LogP contribution in [0.25, 0.3) is 0 Å². The monoisotopic (exact) mass is 195 g/mol. The van der Waals surface area contributed by atoms with Crippen LogP contribution in [0.5, 0.6) is 0 Å². The molecule has 0 fully saturated rings. The molecule has 0 bridgehead atoms. The lowest BCUT2D eigenvalue weighted by molar-refractivity contribution is 0.441. The maximum Gasteiger partial charge on any atom is 0.0950 e. The molecule has 0 aliphatic carbocycles. The normalized spacial score (nSPS) is 15.4. The molecule has 0 aliphatic heterocycles. The standard InChI is InChI=1S/C12H21NO/c1-4-5-10(2)8-13-11(3)12-6-7-14-9-12/h6-7,9-11,13H,4-5,8H2,1-3H3. The van der Waals surface area contributed by atoms with Gasteiger partial charge in [-0.05, 0) is 31.9 Å². The van der Waals surface area contributed by atoms with Gasteiger partial charge in [0.1, 0.15) is 0 Å². The van der Waals surface area contributed by atoms with E-state index in [2.05, 4.69) is 26.1 Å². The average molecular weight is 195 g/mol. The molecule has 1 rings (SSSR count). The maximum absolute atomic E-state index is 5.05. The highest BCUT2D eigenvalue weighted by Crippen LogP contribution is 2.13. The summed E-state index contributed by atoms with van der Waals surface area (Å²) in [6, 6.07) is 2.41. The second kappa shape index (κ2) is 5.86. The zero-order valence-corrected chi connectivity index (χ0v) is 9.42. The predicted octanol–water partition coefficient (Wildman–Crippen LogP) is 3.37. The van der Waals surface area contributed by atoms with Gasteiger partial charge in [0, 0.05) is 11.6 Å². The van der Waals surface area contributed by atoms with E-state index in [1.807, 2.05) is 12.3 Å². The first-order valence-corrected chi connectivity index (χ1v) is 5.49. The third-order valence-corrected chi connectivity index (χ3v) is 2.60. The third-order valence-electron chi connectivity index (χ3n) is 2.60. The molecule has 2 nitrogen and oxygen atoms in total. The smallest absolute Gasteiger partial charge is 0.0950 e. The van der Waals surface area contributed by atoms with Crippen molar-refractivity contribution in [1.29, 1.82) is 0 Å². The van der Waals surface area contributed by atoms with E-state index in [0.29, 0.717) is 6.04 Å². The Bertz CT molecular complexity index is 230. The van der Waals surface area contributed by atoms with E-state index in [0.717, 1.165) is 12.5 Å². The van der Waals surface area contributed by atoms with Crippen LogP contribution in [0.1, 0.15) is 45.2 Å². The van der Waals surface area contributed by atoms with Crippen molar-refractivity contribution in [2.24, 2.45) is 5.92 Å². The van der Waals surface area contributed by atoms with Crippen molar-refractivity contribution in [3.05, 3.63) is 24.2 Å². The quantitative estimate of drug-likeness (QED) is 0.753. The van der Waals surface area contributed by atoms with Gasteiger partial charge in [0.15, 0.2) is 0 Å². The summed E-state index contributed by atoms with van der Waals surface area (Å²) in [5.74, 6) is 0.759. The Morgan fingerprint density at radius 2 is 2.21 bits per heavy atom. The summed E-state index contributed by atoms with van der Waals surface area (Å²) in [5, 5.41) is 3.51. The van der Waals surface area contributed by atoms with Crippen LogP contribution in [0.15, 0.2) is 23.0 Å². The van der Waals surface area contributed by atoms with E-state index in [-0.39, 0.29) is 0 Å². The van der Waals surface area contributed by atoms with Crippen molar-refractivity contribution >= 4 is 0 Å². The minimum atomic E-state index is 0.396. The first kappa shape index (κ1) is 11.3. The van der Waals surface area contributed by atoms with E-state index in [1.165, 1.54) is 18.4 Å². The van der Waals surface area contributed by atoms with E-state index in [9.17, 15) is 0 Å². The Morgan fingerprint density at radius 1 is 1.43 bits per heavy atom. The van der Waals surface area contributed by atoms with Gasteiger partial charge >= 0.3 is 0 Å². The molecule has 2 heteroatoms. The van der Waals surface area contributed by atoms with Crippen LogP contribution in [0.2, 0.25) is 0 Å². The minimum absolute atomic E-state index is 0.396. The van der Waals surface area contributed by atoms with Gasteiger partial charge in [0.05, 0.1) is 12.5 Å².